The molecular formula is C9H16NO4PS. The molecule has 16 heavy (non-hydrogen) atoms. The molecule has 1 fully saturated rings. The summed E-state index contributed by atoms with van der Waals surface area (Å²) < 4.78 is 4.47. The molecule has 1 aliphatic rings. The highest BCUT2D eigenvalue weighted by molar-refractivity contribution is 8.06. The van der Waals surface area contributed by atoms with Crippen molar-refractivity contribution in [3.05, 3.63) is 12.3 Å². The SMILES string of the molecule is C=C(OP(O)(O)=S)C(=O)NC1CCCCC1. The Morgan fingerprint density at radius 3 is 2.44 bits per heavy atom. The van der Waals surface area contributed by atoms with Crippen LogP contribution in [-0.2, 0) is 21.1 Å². The fraction of sp³-hybridized carbons (Fsp3) is 0.667. The first kappa shape index (κ1) is 13.6. The number of carbonyl (C=O) groups is 1. The van der Waals surface area contributed by atoms with E-state index in [1.54, 1.807) is 0 Å². The van der Waals surface area contributed by atoms with Crippen LogP contribution in [0.2, 0.25) is 0 Å². The summed E-state index contributed by atoms with van der Waals surface area (Å²) in [6, 6.07) is 0.122. The molecule has 0 radical (unpaired) electrons. The summed E-state index contributed by atoms with van der Waals surface area (Å²) in [5, 5.41) is 2.73. The molecule has 3 N–H and O–H groups in total. The molecule has 0 unspecified atom stereocenters. The second-order valence-corrected chi connectivity index (χ2v) is 6.40. The van der Waals surface area contributed by atoms with E-state index in [1.165, 1.54) is 6.42 Å². The quantitative estimate of drug-likeness (QED) is 0.404. The molecule has 1 aliphatic carbocycles. The third-order valence-corrected chi connectivity index (χ3v) is 3.10. The lowest BCUT2D eigenvalue weighted by atomic mass is 9.95. The van der Waals surface area contributed by atoms with Crippen LogP contribution in [0.4, 0.5) is 0 Å². The molecule has 0 aromatic carbocycles. The first-order valence-electron chi connectivity index (χ1n) is 5.13. The summed E-state index contributed by atoms with van der Waals surface area (Å²) in [6.07, 6.45) is 5.25. The fourth-order valence-corrected chi connectivity index (χ4v) is 2.34. The van der Waals surface area contributed by atoms with E-state index in [9.17, 15) is 4.79 Å². The highest BCUT2D eigenvalue weighted by Crippen LogP contribution is 2.38. The minimum absolute atomic E-state index is 0.122. The summed E-state index contributed by atoms with van der Waals surface area (Å²) >= 11 is 4.24. The number of hydrogen-bond donors (Lipinski definition) is 3. The summed E-state index contributed by atoms with van der Waals surface area (Å²) in [6.45, 7) is -0.544. The van der Waals surface area contributed by atoms with Gasteiger partial charge in [-0.15, -0.1) is 0 Å². The van der Waals surface area contributed by atoms with Gasteiger partial charge in [-0.3, -0.25) is 4.79 Å². The van der Waals surface area contributed by atoms with E-state index >= 15 is 0 Å². The van der Waals surface area contributed by atoms with Crippen LogP contribution in [0.5, 0.6) is 0 Å². The van der Waals surface area contributed by atoms with E-state index in [0.717, 1.165) is 25.7 Å². The van der Waals surface area contributed by atoms with E-state index in [2.05, 4.69) is 28.2 Å². The van der Waals surface area contributed by atoms with Crippen molar-refractivity contribution in [1.29, 1.82) is 0 Å². The average molecular weight is 265 g/mol. The molecule has 92 valence electrons. The first-order chi connectivity index (χ1) is 7.38. The van der Waals surface area contributed by atoms with Crippen molar-refractivity contribution in [3.63, 3.8) is 0 Å². The maximum absolute atomic E-state index is 11.5. The van der Waals surface area contributed by atoms with Crippen molar-refractivity contribution < 1.29 is 19.1 Å². The van der Waals surface area contributed by atoms with Crippen molar-refractivity contribution in [2.24, 2.45) is 0 Å². The number of nitrogens with one attached hydrogen (secondary N) is 1. The van der Waals surface area contributed by atoms with Crippen molar-refractivity contribution in [1.82, 2.24) is 5.32 Å². The Morgan fingerprint density at radius 1 is 1.38 bits per heavy atom. The number of rotatable bonds is 4. The van der Waals surface area contributed by atoms with Gasteiger partial charge in [0.25, 0.3) is 5.91 Å². The molecule has 0 aliphatic heterocycles. The van der Waals surface area contributed by atoms with Gasteiger partial charge in [-0.05, 0) is 12.8 Å². The van der Waals surface area contributed by atoms with Crippen LogP contribution in [0.25, 0.3) is 0 Å². The number of carbonyl (C=O) groups excluding carboxylic acids is 1. The Hall–Kier alpha value is -0.420. The van der Waals surface area contributed by atoms with Gasteiger partial charge in [-0.2, -0.15) is 0 Å². The maximum Gasteiger partial charge on any atom is 0.375 e. The van der Waals surface area contributed by atoms with Gasteiger partial charge in [0, 0.05) is 17.8 Å². The molecule has 0 atom stereocenters. The van der Waals surface area contributed by atoms with Gasteiger partial charge in [0.05, 0.1) is 0 Å². The lowest BCUT2D eigenvalue weighted by molar-refractivity contribution is -0.120. The van der Waals surface area contributed by atoms with Crippen LogP contribution in [-0.4, -0.2) is 21.7 Å². The predicted octanol–water partition coefficient (Wildman–Crippen LogP) is 1.17. The molecule has 0 saturated heterocycles. The molecule has 7 heteroatoms. The zero-order valence-electron chi connectivity index (χ0n) is 8.89. The van der Waals surface area contributed by atoms with E-state index < -0.39 is 12.6 Å². The van der Waals surface area contributed by atoms with Crippen LogP contribution in [0.15, 0.2) is 12.3 Å². The zero-order valence-corrected chi connectivity index (χ0v) is 10.6. The topological polar surface area (TPSA) is 78.8 Å². The fourth-order valence-electron chi connectivity index (χ4n) is 1.70. The van der Waals surface area contributed by atoms with Crippen LogP contribution >= 0.6 is 6.72 Å². The predicted molar refractivity (Wildman–Crippen MR) is 64.0 cm³/mol. The van der Waals surface area contributed by atoms with E-state index in [1.807, 2.05) is 0 Å². The second kappa shape index (κ2) is 5.77. The summed E-state index contributed by atoms with van der Waals surface area (Å²) in [5.41, 5.74) is 0. The second-order valence-electron chi connectivity index (χ2n) is 3.81. The molecule has 1 saturated carbocycles. The molecule has 0 heterocycles. The molecule has 0 bridgehead atoms. The standard InChI is InChI=1S/C9H16NO4PS/c1-7(14-15(12,13)16)9(11)10-8-5-3-2-4-6-8/h8H,1-6H2,(H,10,11)(H2,12,13,16). The maximum atomic E-state index is 11.5. The Bertz CT molecular complexity index is 321. The summed E-state index contributed by atoms with van der Waals surface area (Å²) in [7, 11) is 0. The van der Waals surface area contributed by atoms with Crippen LogP contribution in [0, 0.1) is 0 Å². The van der Waals surface area contributed by atoms with Crippen LogP contribution in [0.3, 0.4) is 0 Å². The van der Waals surface area contributed by atoms with Crippen molar-refractivity contribution in [2.75, 3.05) is 0 Å². The van der Waals surface area contributed by atoms with E-state index in [0.29, 0.717) is 0 Å². The van der Waals surface area contributed by atoms with Crippen LogP contribution < -0.4 is 5.32 Å². The third kappa shape index (κ3) is 5.07. The summed E-state index contributed by atoms with van der Waals surface area (Å²) in [4.78, 5) is 29.2. The number of amides is 1. The minimum Gasteiger partial charge on any atom is -0.419 e. The normalized spacial score (nSPS) is 17.9. The van der Waals surface area contributed by atoms with Crippen molar-refractivity contribution in [2.45, 2.75) is 38.1 Å². The Labute approximate surface area is 99.8 Å². The molecule has 0 aromatic rings. The lowest BCUT2D eigenvalue weighted by Gasteiger charge is -2.23. The first-order valence-corrected chi connectivity index (χ1v) is 7.76. The van der Waals surface area contributed by atoms with Crippen molar-refractivity contribution in [3.8, 4) is 0 Å². The molecule has 1 rings (SSSR count). The van der Waals surface area contributed by atoms with Crippen molar-refractivity contribution >= 4 is 24.4 Å². The lowest BCUT2D eigenvalue weighted by Crippen LogP contribution is -2.37. The zero-order chi connectivity index (χ0) is 12.2. The molecule has 0 spiro atoms. The molecule has 1 amide bonds. The Balaban J connectivity index is 2.39. The Morgan fingerprint density at radius 2 is 1.94 bits per heavy atom. The van der Waals surface area contributed by atoms with Gasteiger partial charge >= 0.3 is 6.72 Å². The molecule has 5 nitrogen and oxygen atoms in total. The van der Waals surface area contributed by atoms with Gasteiger partial charge in [0.2, 0.25) is 0 Å². The van der Waals surface area contributed by atoms with Gasteiger partial charge in [0.1, 0.15) is 0 Å². The smallest absolute Gasteiger partial charge is 0.375 e. The van der Waals surface area contributed by atoms with Gasteiger partial charge < -0.3 is 19.6 Å². The third-order valence-electron chi connectivity index (χ3n) is 2.42. The van der Waals surface area contributed by atoms with Gasteiger partial charge in [-0.1, -0.05) is 25.8 Å². The van der Waals surface area contributed by atoms with Gasteiger partial charge in [0.15, 0.2) is 5.76 Å². The van der Waals surface area contributed by atoms with Gasteiger partial charge in [-0.25, -0.2) is 0 Å². The average Bonchev–Trinajstić information content (AvgIpc) is 2.16. The van der Waals surface area contributed by atoms with Crippen LogP contribution in [0.1, 0.15) is 32.1 Å². The number of hydrogen-bond acceptors (Lipinski definition) is 3. The molecular weight excluding hydrogens is 249 g/mol. The monoisotopic (exact) mass is 265 g/mol. The van der Waals surface area contributed by atoms with E-state index in [-0.39, 0.29) is 11.8 Å². The molecule has 0 aromatic heterocycles. The van der Waals surface area contributed by atoms with E-state index in [4.69, 9.17) is 9.79 Å². The summed E-state index contributed by atoms with van der Waals surface area (Å²) in [5.74, 6) is -0.858. The Kier molecular flexibility index (Phi) is 4.92. The largest absolute Gasteiger partial charge is 0.419 e. The highest BCUT2D eigenvalue weighted by Gasteiger charge is 2.21. The highest BCUT2D eigenvalue weighted by atomic mass is 32.5. The minimum atomic E-state index is -3.86.